The lowest BCUT2D eigenvalue weighted by molar-refractivity contribution is 0.421. The minimum absolute atomic E-state index is 0.278. The zero-order valence-corrected chi connectivity index (χ0v) is 19.0. The summed E-state index contributed by atoms with van der Waals surface area (Å²) in [6.07, 6.45) is 8.18. The van der Waals surface area contributed by atoms with Gasteiger partial charge in [0, 0.05) is 41.5 Å². The molecule has 1 aliphatic rings. The molecule has 0 atom stereocenters. The molecule has 0 aliphatic heterocycles. The first kappa shape index (κ1) is 21.9. The van der Waals surface area contributed by atoms with Gasteiger partial charge in [0.1, 0.15) is 0 Å². The van der Waals surface area contributed by atoms with Crippen LogP contribution in [0.15, 0.2) is 70.7 Å². The monoisotopic (exact) mass is 446 g/mol. The van der Waals surface area contributed by atoms with Gasteiger partial charge in [0.05, 0.1) is 22.0 Å². The molecule has 1 fully saturated rings. The summed E-state index contributed by atoms with van der Waals surface area (Å²) in [5.74, 6) is 0. The number of hydrogen-bond acceptors (Lipinski definition) is 6. The molecule has 0 unspecified atom stereocenters. The molecule has 32 heavy (non-hydrogen) atoms. The summed E-state index contributed by atoms with van der Waals surface area (Å²) < 4.78 is 23.5. The maximum absolute atomic E-state index is 11.8. The van der Waals surface area contributed by atoms with Crippen LogP contribution in [-0.2, 0) is 9.84 Å². The molecule has 0 spiro atoms. The van der Waals surface area contributed by atoms with Gasteiger partial charge in [-0.25, -0.2) is 8.42 Å². The molecule has 0 bridgehead atoms. The van der Waals surface area contributed by atoms with E-state index in [9.17, 15) is 8.42 Å². The largest absolute Gasteiger partial charge is 0.396 e. The summed E-state index contributed by atoms with van der Waals surface area (Å²) in [5.41, 5.74) is 12.0. The number of sulfone groups is 1. The van der Waals surface area contributed by atoms with Crippen molar-refractivity contribution in [2.24, 2.45) is 10.7 Å². The zero-order valence-electron chi connectivity index (χ0n) is 18.2. The van der Waals surface area contributed by atoms with Crippen LogP contribution in [0.5, 0.6) is 0 Å². The van der Waals surface area contributed by atoms with E-state index in [-0.39, 0.29) is 4.90 Å². The van der Waals surface area contributed by atoms with Crippen molar-refractivity contribution in [2.45, 2.75) is 37.1 Å². The standard InChI is InChI=1S/C25H26N4O2S/c1-17-5-3-8-23(29-17)25(26)22(16-28-20-6-4-7-20)19-13-14-27-24(15-19)18-9-11-21(12-10-18)32(2,30)31/h3,5,8-16,20H,4,6-7,26H2,1-2H3. The second-order valence-corrected chi connectivity index (χ2v) is 10.1. The van der Waals surface area contributed by atoms with Gasteiger partial charge in [-0.15, -0.1) is 0 Å². The molecule has 0 saturated heterocycles. The van der Waals surface area contributed by atoms with Crippen LogP contribution in [0.2, 0.25) is 0 Å². The fourth-order valence-corrected chi connectivity index (χ4v) is 4.11. The molecule has 3 aromatic rings. The first-order chi connectivity index (χ1) is 15.3. The molecule has 6 nitrogen and oxygen atoms in total. The lowest BCUT2D eigenvalue weighted by Crippen LogP contribution is -2.15. The third kappa shape index (κ3) is 4.94. The zero-order chi connectivity index (χ0) is 22.7. The van der Waals surface area contributed by atoms with Gasteiger partial charge in [0.2, 0.25) is 0 Å². The third-order valence-corrected chi connectivity index (χ3v) is 6.72. The van der Waals surface area contributed by atoms with Crippen molar-refractivity contribution >= 4 is 27.3 Å². The van der Waals surface area contributed by atoms with Crippen molar-refractivity contribution in [3.05, 3.63) is 77.7 Å². The molecule has 2 heterocycles. The van der Waals surface area contributed by atoms with Gasteiger partial charge >= 0.3 is 0 Å². The highest BCUT2D eigenvalue weighted by Crippen LogP contribution is 2.27. The van der Waals surface area contributed by atoms with Crippen molar-refractivity contribution < 1.29 is 8.42 Å². The van der Waals surface area contributed by atoms with Crippen LogP contribution in [0, 0.1) is 6.92 Å². The van der Waals surface area contributed by atoms with Crippen LogP contribution in [0.25, 0.3) is 22.5 Å². The molecular weight excluding hydrogens is 420 g/mol. The van der Waals surface area contributed by atoms with E-state index in [1.165, 1.54) is 12.7 Å². The van der Waals surface area contributed by atoms with Crippen molar-refractivity contribution in [1.29, 1.82) is 0 Å². The van der Waals surface area contributed by atoms with E-state index in [2.05, 4.69) is 9.97 Å². The van der Waals surface area contributed by atoms with Crippen LogP contribution in [0.3, 0.4) is 0 Å². The van der Waals surface area contributed by atoms with Crippen molar-refractivity contribution in [3.63, 3.8) is 0 Å². The lowest BCUT2D eigenvalue weighted by atomic mass is 9.93. The highest BCUT2D eigenvalue weighted by atomic mass is 32.2. The number of pyridine rings is 2. The molecule has 1 aromatic carbocycles. The van der Waals surface area contributed by atoms with Crippen LogP contribution < -0.4 is 5.73 Å². The van der Waals surface area contributed by atoms with Crippen molar-refractivity contribution in [1.82, 2.24) is 9.97 Å². The topological polar surface area (TPSA) is 98.3 Å². The van der Waals surface area contributed by atoms with Crippen molar-refractivity contribution in [2.75, 3.05) is 6.26 Å². The summed E-state index contributed by atoms with van der Waals surface area (Å²) in [7, 11) is -3.25. The number of rotatable bonds is 6. The Kier molecular flexibility index (Phi) is 6.19. The van der Waals surface area contributed by atoms with Crippen LogP contribution in [0.4, 0.5) is 0 Å². The SMILES string of the molecule is Cc1cccc(C(N)=C(C=NC2CCC2)c2ccnc(-c3ccc(S(C)(=O)=O)cc3)c2)n1. The molecular formula is C25H26N4O2S. The molecule has 7 heteroatoms. The second kappa shape index (κ2) is 9.04. The van der Waals surface area contributed by atoms with E-state index in [1.807, 2.05) is 43.5 Å². The van der Waals surface area contributed by atoms with Crippen LogP contribution in [-0.4, -0.2) is 36.9 Å². The first-order valence-electron chi connectivity index (χ1n) is 10.5. The smallest absolute Gasteiger partial charge is 0.175 e. The molecule has 1 saturated carbocycles. The Labute approximate surface area is 188 Å². The fourth-order valence-electron chi connectivity index (χ4n) is 3.48. The summed E-state index contributed by atoms with van der Waals surface area (Å²) >= 11 is 0. The van der Waals surface area contributed by atoms with E-state index >= 15 is 0 Å². The number of allylic oxidation sites excluding steroid dienone is 1. The average molecular weight is 447 g/mol. The molecule has 0 amide bonds. The minimum atomic E-state index is -3.25. The van der Waals surface area contributed by atoms with Gasteiger partial charge in [-0.1, -0.05) is 18.2 Å². The average Bonchev–Trinajstić information content (AvgIpc) is 2.75. The number of nitrogens with zero attached hydrogens (tertiary/aromatic N) is 3. The molecule has 1 aliphatic carbocycles. The van der Waals surface area contributed by atoms with Gasteiger partial charge in [-0.05, 0) is 68.1 Å². The number of aromatic nitrogens is 2. The van der Waals surface area contributed by atoms with E-state index in [0.717, 1.165) is 40.9 Å². The Morgan fingerprint density at radius 3 is 2.50 bits per heavy atom. The minimum Gasteiger partial charge on any atom is -0.396 e. The van der Waals surface area contributed by atoms with Crippen LogP contribution in [0.1, 0.15) is 36.2 Å². The number of aryl methyl sites for hydroxylation is 1. The molecule has 4 rings (SSSR count). The summed E-state index contributed by atoms with van der Waals surface area (Å²) in [6, 6.07) is 16.7. The predicted molar refractivity (Wildman–Crippen MR) is 129 cm³/mol. The van der Waals surface area contributed by atoms with Crippen LogP contribution >= 0.6 is 0 Å². The number of benzene rings is 1. The Hall–Kier alpha value is -3.32. The van der Waals surface area contributed by atoms with E-state index in [0.29, 0.717) is 17.4 Å². The summed E-state index contributed by atoms with van der Waals surface area (Å²) in [5, 5.41) is 0. The van der Waals surface area contributed by atoms with Crippen molar-refractivity contribution in [3.8, 4) is 11.3 Å². The fraction of sp³-hybridized carbons (Fsp3) is 0.240. The number of nitrogens with two attached hydrogens (primary N) is 1. The second-order valence-electron chi connectivity index (χ2n) is 8.08. The maximum Gasteiger partial charge on any atom is 0.175 e. The van der Waals surface area contributed by atoms with Gasteiger partial charge in [0.25, 0.3) is 0 Å². The highest BCUT2D eigenvalue weighted by Gasteiger charge is 2.17. The molecule has 164 valence electrons. The van der Waals surface area contributed by atoms with E-state index in [1.54, 1.807) is 30.5 Å². The normalized spacial score (nSPS) is 15.4. The number of hydrogen-bond donors (Lipinski definition) is 1. The maximum atomic E-state index is 11.8. The quantitative estimate of drug-likeness (QED) is 0.569. The Morgan fingerprint density at radius 2 is 1.88 bits per heavy atom. The molecule has 2 N–H and O–H groups in total. The molecule has 0 radical (unpaired) electrons. The summed E-state index contributed by atoms with van der Waals surface area (Å²) in [6.45, 7) is 1.93. The van der Waals surface area contributed by atoms with Gasteiger partial charge in [0.15, 0.2) is 9.84 Å². The highest BCUT2D eigenvalue weighted by molar-refractivity contribution is 7.90. The van der Waals surface area contributed by atoms with E-state index in [4.69, 9.17) is 10.7 Å². The van der Waals surface area contributed by atoms with Gasteiger partial charge in [-0.2, -0.15) is 0 Å². The summed E-state index contributed by atoms with van der Waals surface area (Å²) in [4.78, 5) is 14.1. The predicted octanol–water partition coefficient (Wildman–Crippen LogP) is 4.31. The van der Waals surface area contributed by atoms with Gasteiger partial charge in [-0.3, -0.25) is 15.0 Å². The Balaban J connectivity index is 1.76. The van der Waals surface area contributed by atoms with E-state index < -0.39 is 9.84 Å². The Bertz CT molecular complexity index is 1290. The number of aliphatic imine (C=N–C) groups is 1. The first-order valence-corrected chi connectivity index (χ1v) is 12.4. The lowest BCUT2D eigenvalue weighted by Gasteiger charge is -2.21. The molecule has 2 aromatic heterocycles. The van der Waals surface area contributed by atoms with Gasteiger partial charge < -0.3 is 5.73 Å². The third-order valence-electron chi connectivity index (χ3n) is 5.59. The Morgan fingerprint density at radius 1 is 1.12 bits per heavy atom.